The summed E-state index contributed by atoms with van der Waals surface area (Å²) in [5, 5.41) is 15.8. The van der Waals surface area contributed by atoms with E-state index in [1.807, 2.05) is 24.3 Å². The molecule has 0 saturated heterocycles. The average Bonchev–Trinajstić information content (AvgIpc) is 2.83. The molecule has 8 nitrogen and oxygen atoms in total. The van der Waals surface area contributed by atoms with Crippen LogP contribution in [0.25, 0.3) is 10.9 Å². The Morgan fingerprint density at radius 2 is 1.64 bits per heavy atom. The summed E-state index contributed by atoms with van der Waals surface area (Å²) in [6, 6.07) is 19.4. The van der Waals surface area contributed by atoms with Gasteiger partial charge in [-0.25, -0.2) is 9.97 Å². The lowest BCUT2D eigenvalue weighted by Crippen LogP contribution is -2.11. The molecule has 1 amide bonds. The van der Waals surface area contributed by atoms with Gasteiger partial charge in [-0.05, 0) is 48.5 Å². The predicted molar refractivity (Wildman–Crippen MR) is 129 cm³/mol. The van der Waals surface area contributed by atoms with Crippen molar-refractivity contribution < 1.29 is 14.3 Å². The van der Waals surface area contributed by atoms with Crippen LogP contribution in [0.15, 0.2) is 67.0 Å². The van der Waals surface area contributed by atoms with Crippen LogP contribution in [-0.2, 0) is 0 Å². The zero-order valence-electron chi connectivity index (χ0n) is 17.8. The first-order valence-corrected chi connectivity index (χ1v) is 9.66. The number of rotatable bonds is 6. The number of ether oxygens (including phenoxy) is 2. The maximum atomic E-state index is 12.5. The average molecular weight is 462 g/mol. The lowest BCUT2D eigenvalue weighted by molar-refractivity contribution is 0.102. The van der Waals surface area contributed by atoms with E-state index in [2.05, 4.69) is 20.6 Å². The van der Waals surface area contributed by atoms with E-state index in [1.54, 1.807) is 56.7 Å². The van der Waals surface area contributed by atoms with Crippen LogP contribution in [0.3, 0.4) is 0 Å². The highest BCUT2D eigenvalue weighted by atomic mass is 35.5. The van der Waals surface area contributed by atoms with Crippen molar-refractivity contribution in [2.75, 3.05) is 24.9 Å². The Hall–Kier alpha value is -4.35. The Labute approximate surface area is 196 Å². The number of amides is 1. The molecular weight excluding hydrogens is 442 g/mol. The van der Waals surface area contributed by atoms with Crippen molar-refractivity contribution in [3.8, 4) is 17.6 Å². The minimum absolute atomic E-state index is 0. The van der Waals surface area contributed by atoms with Crippen LogP contribution in [0.1, 0.15) is 15.9 Å². The van der Waals surface area contributed by atoms with E-state index >= 15 is 0 Å². The molecule has 9 heteroatoms. The van der Waals surface area contributed by atoms with Crippen molar-refractivity contribution in [1.29, 1.82) is 5.26 Å². The zero-order chi connectivity index (χ0) is 22.5. The number of fused-ring (bicyclic) bond motifs is 1. The molecule has 0 atom stereocenters. The van der Waals surface area contributed by atoms with Gasteiger partial charge in [-0.15, -0.1) is 12.4 Å². The highest BCUT2D eigenvalue weighted by molar-refractivity contribution is 6.04. The summed E-state index contributed by atoms with van der Waals surface area (Å²) in [7, 11) is 3.14. The molecule has 0 bridgehead atoms. The van der Waals surface area contributed by atoms with Gasteiger partial charge in [-0.2, -0.15) is 5.26 Å². The van der Waals surface area contributed by atoms with Crippen LogP contribution < -0.4 is 20.1 Å². The summed E-state index contributed by atoms with van der Waals surface area (Å²) >= 11 is 0. The first-order valence-electron chi connectivity index (χ1n) is 9.66. The van der Waals surface area contributed by atoms with Gasteiger partial charge in [-0.3, -0.25) is 4.79 Å². The standard InChI is InChI=1S/C24H19N5O3.ClH/c1-31-21-11-19-20(12-22(21)32-2)26-14-27-23(19)28-17-4-3-5-18(10-17)29-24(30)16-8-6-15(13-25)7-9-16;/h3-12,14H,1-2H3,(H,29,30)(H,26,27,28);1H. The van der Waals surface area contributed by atoms with Gasteiger partial charge in [0.25, 0.3) is 5.91 Å². The van der Waals surface area contributed by atoms with Gasteiger partial charge in [0.1, 0.15) is 12.1 Å². The Balaban J connectivity index is 0.00000306. The van der Waals surface area contributed by atoms with E-state index in [0.29, 0.717) is 39.6 Å². The Kier molecular flexibility index (Phi) is 7.28. The number of anilines is 3. The minimum Gasteiger partial charge on any atom is -0.493 e. The number of methoxy groups -OCH3 is 2. The summed E-state index contributed by atoms with van der Waals surface area (Å²) in [5.74, 6) is 1.47. The van der Waals surface area contributed by atoms with Crippen LogP contribution in [0.5, 0.6) is 11.5 Å². The van der Waals surface area contributed by atoms with Gasteiger partial charge in [0.15, 0.2) is 11.5 Å². The van der Waals surface area contributed by atoms with Crippen molar-refractivity contribution in [1.82, 2.24) is 9.97 Å². The topological polar surface area (TPSA) is 109 Å². The first-order chi connectivity index (χ1) is 15.6. The van der Waals surface area contributed by atoms with E-state index in [9.17, 15) is 4.79 Å². The van der Waals surface area contributed by atoms with Crippen LogP contribution in [0, 0.1) is 11.3 Å². The normalized spacial score (nSPS) is 9.97. The van der Waals surface area contributed by atoms with Gasteiger partial charge in [0, 0.05) is 28.4 Å². The molecule has 1 heterocycles. The highest BCUT2D eigenvalue weighted by Gasteiger charge is 2.12. The van der Waals surface area contributed by atoms with Crippen molar-refractivity contribution in [2.45, 2.75) is 0 Å². The minimum atomic E-state index is -0.268. The number of nitrogens with one attached hydrogen (secondary N) is 2. The Morgan fingerprint density at radius 1 is 0.939 bits per heavy atom. The number of hydrogen-bond donors (Lipinski definition) is 2. The maximum absolute atomic E-state index is 12.5. The molecule has 3 aromatic carbocycles. The number of carbonyl (C=O) groups excluding carboxylic acids is 1. The number of aromatic nitrogens is 2. The molecule has 33 heavy (non-hydrogen) atoms. The molecule has 0 aliphatic carbocycles. The number of halogens is 1. The summed E-state index contributed by atoms with van der Waals surface area (Å²) < 4.78 is 10.7. The van der Waals surface area contributed by atoms with Crippen molar-refractivity contribution in [3.63, 3.8) is 0 Å². The molecule has 0 saturated carbocycles. The number of hydrogen-bond acceptors (Lipinski definition) is 7. The Morgan fingerprint density at radius 3 is 2.33 bits per heavy atom. The lowest BCUT2D eigenvalue weighted by Gasteiger charge is -2.13. The van der Waals surface area contributed by atoms with Crippen LogP contribution >= 0.6 is 12.4 Å². The fraction of sp³-hybridized carbons (Fsp3) is 0.0833. The van der Waals surface area contributed by atoms with E-state index in [-0.39, 0.29) is 18.3 Å². The molecule has 0 fully saturated rings. The molecule has 4 rings (SSSR count). The second-order valence-electron chi connectivity index (χ2n) is 6.80. The molecule has 2 N–H and O–H groups in total. The van der Waals surface area contributed by atoms with E-state index < -0.39 is 0 Å². The second kappa shape index (κ2) is 10.3. The largest absolute Gasteiger partial charge is 0.493 e. The van der Waals surface area contributed by atoms with Crippen molar-refractivity contribution in [2.24, 2.45) is 0 Å². The molecule has 0 unspecified atom stereocenters. The monoisotopic (exact) mass is 461 g/mol. The fourth-order valence-electron chi connectivity index (χ4n) is 3.19. The summed E-state index contributed by atoms with van der Waals surface area (Å²) in [6.07, 6.45) is 1.47. The van der Waals surface area contributed by atoms with Gasteiger partial charge < -0.3 is 20.1 Å². The quantitative estimate of drug-likeness (QED) is 0.418. The molecule has 166 valence electrons. The van der Waals surface area contributed by atoms with Gasteiger partial charge in [0.05, 0.1) is 31.4 Å². The zero-order valence-corrected chi connectivity index (χ0v) is 18.6. The van der Waals surface area contributed by atoms with Crippen molar-refractivity contribution in [3.05, 3.63) is 78.1 Å². The molecule has 1 aromatic heterocycles. The number of carbonyl (C=O) groups is 1. The summed E-state index contributed by atoms with van der Waals surface area (Å²) in [4.78, 5) is 21.2. The second-order valence-corrected chi connectivity index (χ2v) is 6.80. The molecular formula is C24H20ClN5O3. The van der Waals surface area contributed by atoms with Gasteiger partial charge in [0.2, 0.25) is 0 Å². The van der Waals surface area contributed by atoms with E-state index in [4.69, 9.17) is 14.7 Å². The van der Waals surface area contributed by atoms with E-state index in [0.717, 1.165) is 11.1 Å². The van der Waals surface area contributed by atoms with Crippen LogP contribution in [-0.4, -0.2) is 30.1 Å². The fourth-order valence-corrected chi connectivity index (χ4v) is 3.19. The Bertz CT molecular complexity index is 1340. The summed E-state index contributed by atoms with van der Waals surface area (Å²) in [6.45, 7) is 0. The lowest BCUT2D eigenvalue weighted by atomic mass is 10.1. The molecule has 0 radical (unpaired) electrons. The van der Waals surface area contributed by atoms with Crippen LogP contribution in [0.4, 0.5) is 17.2 Å². The number of benzene rings is 3. The molecule has 0 aliphatic rings. The number of nitrogens with zero attached hydrogens (tertiary/aromatic N) is 3. The predicted octanol–water partition coefficient (Wildman–Crippen LogP) is 4.94. The maximum Gasteiger partial charge on any atom is 0.255 e. The van der Waals surface area contributed by atoms with E-state index in [1.165, 1.54) is 6.33 Å². The molecule has 0 aliphatic heterocycles. The third-order valence-electron chi connectivity index (χ3n) is 4.80. The molecule has 0 spiro atoms. The summed E-state index contributed by atoms with van der Waals surface area (Å²) in [5.41, 5.74) is 3.01. The molecule has 4 aromatic rings. The smallest absolute Gasteiger partial charge is 0.255 e. The van der Waals surface area contributed by atoms with Gasteiger partial charge in [-0.1, -0.05) is 6.07 Å². The number of nitriles is 1. The van der Waals surface area contributed by atoms with Gasteiger partial charge >= 0.3 is 0 Å². The SMILES string of the molecule is COc1cc2ncnc(Nc3cccc(NC(=O)c4ccc(C#N)cc4)c3)c2cc1OC.Cl. The first kappa shape index (κ1) is 23.3. The van der Waals surface area contributed by atoms with Crippen LogP contribution in [0.2, 0.25) is 0 Å². The highest BCUT2D eigenvalue weighted by Crippen LogP contribution is 2.34. The third-order valence-corrected chi connectivity index (χ3v) is 4.80. The van der Waals surface area contributed by atoms with Crippen molar-refractivity contribution >= 4 is 46.4 Å². The third kappa shape index (κ3) is 5.11.